The molecule has 0 aliphatic heterocycles. The van der Waals surface area contributed by atoms with Crippen LogP contribution in [0.15, 0.2) is 83.5 Å². The average molecular weight is 758 g/mol. The second kappa shape index (κ2) is 12.8. The smallest absolute Gasteiger partial charge is 0.136 e. The summed E-state index contributed by atoms with van der Waals surface area (Å²) in [6.07, 6.45) is 3.66. The molecule has 0 atom stereocenters. The number of rotatable bonds is 4. The predicted molar refractivity (Wildman–Crippen MR) is 166 cm³/mol. The molecule has 0 saturated carbocycles. The molecular weight excluding hydrogens is 723 g/mol. The van der Waals surface area contributed by atoms with E-state index in [1.165, 1.54) is 17.3 Å². The van der Waals surface area contributed by atoms with E-state index in [2.05, 4.69) is 61.7 Å². The Bertz CT molecular complexity index is 1880. The monoisotopic (exact) mass is 758 g/mol. The SMILES string of the molecule is CC(C)c1ccnc(-c2[c-]ccc3c2oc2cc(F)cc(F)c23)c1.[2H]C([2H])([2H])c1c[c-]c(-c2ccc([Si](C)(C)C)cn2)cc1.[Ir]. The minimum Gasteiger partial charge on any atom is -0.500 e. The van der Waals surface area contributed by atoms with Crippen LogP contribution >= 0.6 is 0 Å². The number of nitrogens with zero attached hydrogens (tertiary/aromatic N) is 2. The van der Waals surface area contributed by atoms with Gasteiger partial charge in [0.15, 0.2) is 0 Å². The van der Waals surface area contributed by atoms with Crippen molar-refractivity contribution in [2.75, 3.05) is 0 Å². The first kappa shape index (κ1) is 27.3. The second-order valence-corrected chi connectivity index (χ2v) is 16.3. The molecule has 0 amide bonds. The molecule has 7 heteroatoms. The number of hydrogen-bond donors (Lipinski definition) is 0. The molecule has 0 saturated heterocycles. The molecule has 0 bridgehead atoms. The van der Waals surface area contributed by atoms with Gasteiger partial charge in [-0.1, -0.05) is 75.1 Å². The molecule has 0 N–H and O–H groups in total. The molecule has 3 heterocycles. The quantitative estimate of drug-likeness (QED) is 0.133. The van der Waals surface area contributed by atoms with E-state index in [-0.39, 0.29) is 31.1 Å². The zero-order valence-corrected chi connectivity index (χ0v) is 27.4. The summed E-state index contributed by atoms with van der Waals surface area (Å²) in [6, 6.07) is 24.5. The van der Waals surface area contributed by atoms with Crippen LogP contribution in [0.4, 0.5) is 8.78 Å². The number of furan rings is 1. The van der Waals surface area contributed by atoms with Gasteiger partial charge in [-0.3, -0.25) is 0 Å². The van der Waals surface area contributed by atoms with Crippen LogP contribution in [0.3, 0.4) is 0 Å². The van der Waals surface area contributed by atoms with Crippen LogP contribution in [0.25, 0.3) is 44.5 Å². The zero-order valence-electron chi connectivity index (χ0n) is 27.0. The summed E-state index contributed by atoms with van der Waals surface area (Å²) in [7, 11) is -1.34. The summed E-state index contributed by atoms with van der Waals surface area (Å²) < 4.78 is 55.4. The summed E-state index contributed by atoms with van der Waals surface area (Å²) in [4.78, 5) is 8.86. The molecule has 217 valence electrons. The van der Waals surface area contributed by atoms with Crippen LogP contribution in [-0.2, 0) is 20.1 Å². The first-order chi connectivity index (χ1) is 20.7. The van der Waals surface area contributed by atoms with Gasteiger partial charge in [-0.15, -0.1) is 53.6 Å². The minimum absolute atomic E-state index is 0. The molecule has 3 aromatic heterocycles. The Morgan fingerprint density at radius 1 is 0.929 bits per heavy atom. The number of benzene rings is 3. The molecule has 3 aromatic carbocycles. The van der Waals surface area contributed by atoms with Crippen molar-refractivity contribution in [2.45, 2.75) is 46.3 Å². The third-order valence-corrected chi connectivity index (χ3v) is 8.90. The Morgan fingerprint density at radius 2 is 1.74 bits per heavy atom. The predicted octanol–water partition coefficient (Wildman–Crippen LogP) is 9.25. The molecule has 0 unspecified atom stereocenters. The largest absolute Gasteiger partial charge is 0.500 e. The van der Waals surface area contributed by atoms with Crippen LogP contribution in [-0.4, -0.2) is 18.0 Å². The van der Waals surface area contributed by atoms with Gasteiger partial charge in [-0.2, -0.15) is 0 Å². The van der Waals surface area contributed by atoms with Crippen molar-refractivity contribution in [3.8, 4) is 22.5 Å². The molecule has 1 radical (unpaired) electrons. The van der Waals surface area contributed by atoms with E-state index >= 15 is 0 Å². The van der Waals surface area contributed by atoms with Gasteiger partial charge in [-0.05, 0) is 28.6 Å². The molecule has 0 spiro atoms. The van der Waals surface area contributed by atoms with Crippen molar-refractivity contribution in [2.24, 2.45) is 0 Å². The normalized spacial score (nSPS) is 12.7. The summed E-state index contributed by atoms with van der Waals surface area (Å²) in [5, 5.41) is 2.18. The summed E-state index contributed by atoms with van der Waals surface area (Å²) >= 11 is 0. The second-order valence-electron chi connectivity index (χ2n) is 11.3. The number of fused-ring (bicyclic) bond motifs is 3. The number of hydrogen-bond acceptors (Lipinski definition) is 3. The first-order valence-electron chi connectivity index (χ1n) is 14.9. The van der Waals surface area contributed by atoms with E-state index in [0.29, 0.717) is 33.7 Å². The fraction of sp³-hybridized carbons (Fsp3) is 0.200. The minimum atomic E-state index is -2.08. The van der Waals surface area contributed by atoms with E-state index in [0.717, 1.165) is 22.9 Å². The maximum Gasteiger partial charge on any atom is 0.136 e. The molecule has 0 fully saturated rings. The van der Waals surface area contributed by atoms with Gasteiger partial charge in [0.2, 0.25) is 0 Å². The topological polar surface area (TPSA) is 38.9 Å². The Hall–Kier alpha value is -3.51. The number of aromatic nitrogens is 2. The molecule has 0 aliphatic carbocycles. The van der Waals surface area contributed by atoms with Crippen molar-refractivity contribution >= 4 is 35.2 Å². The third kappa shape index (κ3) is 6.75. The number of aryl methyl sites for hydroxylation is 1. The molecule has 6 aromatic rings. The van der Waals surface area contributed by atoms with Crippen LogP contribution in [0, 0.1) is 30.6 Å². The van der Waals surface area contributed by atoms with E-state index in [1.54, 1.807) is 30.5 Å². The van der Waals surface area contributed by atoms with Gasteiger partial charge in [0, 0.05) is 54.1 Å². The summed E-state index contributed by atoms with van der Waals surface area (Å²) in [5.41, 5.74) is 5.08. The Balaban J connectivity index is 0.000000204. The van der Waals surface area contributed by atoms with Gasteiger partial charge in [-0.25, -0.2) is 8.78 Å². The maximum atomic E-state index is 14.2. The zero-order chi connectivity index (χ0) is 31.8. The van der Waals surface area contributed by atoms with E-state index in [4.69, 9.17) is 8.53 Å². The van der Waals surface area contributed by atoms with Crippen molar-refractivity contribution in [3.63, 3.8) is 0 Å². The Morgan fingerprint density at radius 3 is 2.38 bits per heavy atom. The average Bonchev–Trinajstić information content (AvgIpc) is 3.35. The standard InChI is InChI=1S/C20H14F2NO.C15H18NSi.Ir/c1-11(2)12-6-7-23-17(8-12)14-4-3-5-15-19-16(22)9-13(21)10-18(19)24-20(14)15;1-12-5-7-13(8-6-12)15-10-9-14(11-16-15)17(2,3)4;/h3,5-11H,1-2H3;5-7,9-11H,1-4H3;/q2*-1;/i;1D3;. The van der Waals surface area contributed by atoms with Crippen molar-refractivity contribution < 1.29 is 37.4 Å². The van der Waals surface area contributed by atoms with Crippen molar-refractivity contribution in [3.05, 3.63) is 114 Å². The Kier molecular flexibility index (Phi) is 8.32. The molecule has 42 heavy (non-hydrogen) atoms. The van der Waals surface area contributed by atoms with Crippen LogP contribution < -0.4 is 5.19 Å². The van der Waals surface area contributed by atoms with Crippen molar-refractivity contribution in [1.82, 2.24) is 9.97 Å². The summed E-state index contributed by atoms with van der Waals surface area (Å²) in [5.74, 6) is -0.942. The Labute approximate surface area is 264 Å². The number of halogens is 2. The maximum absolute atomic E-state index is 14.2. The van der Waals surface area contributed by atoms with Crippen LogP contribution in [0.2, 0.25) is 19.6 Å². The van der Waals surface area contributed by atoms with Crippen LogP contribution in [0.5, 0.6) is 0 Å². The van der Waals surface area contributed by atoms with Crippen LogP contribution in [0.1, 0.15) is 35.0 Å². The van der Waals surface area contributed by atoms with E-state index < -0.39 is 26.6 Å². The summed E-state index contributed by atoms with van der Waals surface area (Å²) in [6.45, 7) is 8.96. The van der Waals surface area contributed by atoms with Gasteiger partial charge < -0.3 is 14.4 Å². The molecule has 3 nitrogen and oxygen atoms in total. The van der Waals surface area contributed by atoms with Gasteiger partial charge >= 0.3 is 0 Å². The van der Waals surface area contributed by atoms with Crippen molar-refractivity contribution in [1.29, 1.82) is 0 Å². The third-order valence-electron chi connectivity index (χ3n) is 6.87. The fourth-order valence-electron chi connectivity index (χ4n) is 4.50. The number of pyridine rings is 2. The molecular formula is C35H32F2IrN2OSi-2. The first-order valence-corrected chi connectivity index (χ1v) is 16.9. The van der Waals surface area contributed by atoms with Gasteiger partial charge in [0.1, 0.15) is 17.2 Å². The fourth-order valence-corrected chi connectivity index (χ4v) is 5.54. The molecule has 6 rings (SSSR count). The van der Waals surface area contributed by atoms with E-state index in [9.17, 15) is 8.78 Å². The van der Waals surface area contributed by atoms with Gasteiger partial charge in [0.05, 0.1) is 13.7 Å². The van der Waals surface area contributed by atoms with Gasteiger partial charge in [0.25, 0.3) is 0 Å². The van der Waals surface area contributed by atoms with E-state index in [1.807, 2.05) is 24.4 Å². The molecule has 0 aliphatic rings.